The highest BCUT2D eigenvalue weighted by molar-refractivity contribution is 6.31. The minimum Gasteiger partial charge on any atom is -0.497 e. The second kappa shape index (κ2) is 10.3. The molecule has 1 amide bonds. The molecule has 4 aromatic rings. The molecular formula is C28H24ClN3O2. The predicted molar refractivity (Wildman–Crippen MR) is 136 cm³/mol. The standard InChI is InChI=1S/C28H24ClN3O2/c1-19-25(15-22(16-30)28(33)31-17-20-11-13-23(34-2)14-12-20)24-8-4-6-10-27(24)32(19)18-21-7-3-5-9-26(21)29/h3-15H,17-18H2,1-2H3,(H,31,33)/b22-15-. The van der Waals surface area contributed by atoms with Crippen LogP contribution in [-0.4, -0.2) is 17.6 Å². The van der Waals surface area contributed by atoms with Crippen LogP contribution in [0.2, 0.25) is 5.02 Å². The number of rotatable bonds is 7. The smallest absolute Gasteiger partial charge is 0.262 e. The monoisotopic (exact) mass is 469 g/mol. The minimum atomic E-state index is -0.416. The van der Waals surface area contributed by atoms with Gasteiger partial charge in [-0.15, -0.1) is 0 Å². The van der Waals surface area contributed by atoms with Crippen LogP contribution in [0.1, 0.15) is 22.4 Å². The fourth-order valence-electron chi connectivity index (χ4n) is 3.95. The average molecular weight is 470 g/mol. The van der Waals surface area contributed by atoms with Gasteiger partial charge in [0.25, 0.3) is 5.91 Å². The molecule has 0 aliphatic rings. The molecule has 1 aromatic heterocycles. The summed E-state index contributed by atoms with van der Waals surface area (Å²) in [5.41, 5.74) is 4.79. The molecule has 0 bridgehead atoms. The van der Waals surface area contributed by atoms with E-state index >= 15 is 0 Å². The van der Waals surface area contributed by atoms with Crippen LogP contribution in [0.3, 0.4) is 0 Å². The number of fused-ring (bicyclic) bond motifs is 1. The first-order chi connectivity index (χ1) is 16.5. The topological polar surface area (TPSA) is 67.0 Å². The summed E-state index contributed by atoms with van der Waals surface area (Å²) in [6.07, 6.45) is 1.67. The fraction of sp³-hybridized carbons (Fsp3) is 0.143. The third kappa shape index (κ3) is 4.83. The van der Waals surface area contributed by atoms with Crippen molar-refractivity contribution in [2.45, 2.75) is 20.0 Å². The number of ether oxygens (including phenoxy) is 1. The van der Waals surface area contributed by atoms with E-state index in [-0.39, 0.29) is 5.57 Å². The lowest BCUT2D eigenvalue weighted by Crippen LogP contribution is -2.23. The van der Waals surface area contributed by atoms with Gasteiger partial charge >= 0.3 is 0 Å². The molecule has 0 saturated carbocycles. The maximum Gasteiger partial charge on any atom is 0.262 e. The Labute approximate surface area is 203 Å². The van der Waals surface area contributed by atoms with Crippen molar-refractivity contribution in [1.82, 2.24) is 9.88 Å². The molecule has 0 aliphatic heterocycles. The summed E-state index contributed by atoms with van der Waals surface area (Å²) in [5, 5.41) is 14.3. The first kappa shape index (κ1) is 23.2. The summed E-state index contributed by atoms with van der Waals surface area (Å²) >= 11 is 6.41. The van der Waals surface area contributed by atoms with E-state index in [9.17, 15) is 10.1 Å². The van der Waals surface area contributed by atoms with Gasteiger partial charge in [-0.05, 0) is 48.4 Å². The highest BCUT2D eigenvalue weighted by atomic mass is 35.5. The summed E-state index contributed by atoms with van der Waals surface area (Å²) in [6.45, 7) is 2.90. The summed E-state index contributed by atoms with van der Waals surface area (Å²) in [5.74, 6) is 0.331. The lowest BCUT2D eigenvalue weighted by atomic mass is 10.1. The number of nitrogens with zero attached hydrogens (tertiary/aromatic N) is 2. The first-order valence-corrected chi connectivity index (χ1v) is 11.2. The van der Waals surface area contributed by atoms with E-state index in [1.165, 1.54) is 0 Å². The van der Waals surface area contributed by atoms with Crippen molar-refractivity contribution in [3.8, 4) is 11.8 Å². The van der Waals surface area contributed by atoms with Crippen LogP contribution >= 0.6 is 11.6 Å². The summed E-state index contributed by atoms with van der Waals surface area (Å²) < 4.78 is 7.32. The molecule has 1 N–H and O–H groups in total. The van der Waals surface area contributed by atoms with E-state index < -0.39 is 5.91 Å². The molecule has 4 rings (SSSR count). The second-order valence-corrected chi connectivity index (χ2v) is 8.30. The van der Waals surface area contributed by atoms with Gasteiger partial charge in [0, 0.05) is 40.3 Å². The number of amides is 1. The Bertz CT molecular complexity index is 1410. The van der Waals surface area contributed by atoms with Crippen molar-refractivity contribution in [2.24, 2.45) is 0 Å². The molecule has 0 spiro atoms. The van der Waals surface area contributed by atoms with E-state index in [1.54, 1.807) is 13.2 Å². The van der Waals surface area contributed by atoms with E-state index in [4.69, 9.17) is 16.3 Å². The van der Waals surface area contributed by atoms with Crippen molar-refractivity contribution >= 4 is 34.5 Å². The second-order valence-electron chi connectivity index (χ2n) is 7.89. The van der Waals surface area contributed by atoms with E-state index in [0.29, 0.717) is 18.1 Å². The van der Waals surface area contributed by atoms with Crippen LogP contribution in [0.25, 0.3) is 17.0 Å². The van der Waals surface area contributed by atoms with Gasteiger partial charge in [-0.25, -0.2) is 0 Å². The van der Waals surface area contributed by atoms with Crippen molar-refractivity contribution < 1.29 is 9.53 Å². The van der Waals surface area contributed by atoms with Crippen molar-refractivity contribution in [3.05, 3.63) is 106 Å². The largest absolute Gasteiger partial charge is 0.497 e. The Morgan fingerprint density at radius 1 is 1.09 bits per heavy atom. The third-order valence-electron chi connectivity index (χ3n) is 5.83. The van der Waals surface area contributed by atoms with Crippen LogP contribution < -0.4 is 10.1 Å². The number of aromatic nitrogens is 1. The van der Waals surface area contributed by atoms with Crippen molar-refractivity contribution in [2.75, 3.05) is 7.11 Å². The van der Waals surface area contributed by atoms with Gasteiger partial charge < -0.3 is 14.6 Å². The molecule has 0 saturated heterocycles. The molecule has 5 nitrogen and oxygen atoms in total. The van der Waals surface area contributed by atoms with Gasteiger partial charge in [-0.1, -0.05) is 60.1 Å². The third-order valence-corrected chi connectivity index (χ3v) is 6.20. The van der Waals surface area contributed by atoms with Crippen LogP contribution in [-0.2, 0) is 17.9 Å². The van der Waals surface area contributed by atoms with Crippen LogP contribution in [0.4, 0.5) is 0 Å². The number of methoxy groups -OCH3 is 1. The van der Waals surface area contributed by atoms with Crippen LogP contribution in [0.5, 0.6) is 5.75 Å². The quantitative estimate of drug-likeness (QED) is 0.271. The average Bonchev–Trinajstić information content (AvgIpc) is 3.13. The van der Waals surface area contributed by atoms with Gasteiger partial charge in [-0.2, -0.15) is 5.26 Å². The van der Waals surface area contributed by atoms with Gasteiger partial charge in [0.05, 0.1) is 7.11 Å². The SMILES string of the molecule is COc1ccc(CNC(=O)/C(C#N)=C\c2c(C)n(Cc3ccccc3Cl)c3ccccc23)cc1. The molecule has 0 radical (unpaired) electrons. The highest BCUT2D eigenvalue weighted by Crippen LogP contribution is 2.30. The number of hydrogen-bond donors (Lipinski definition) is 1. The Morgan fingerprint density at radius 3 is 2.50 bits per heavy atom. The highest BCUT2D eigenvalue weighted by Gasteiger charge is 2.16. The number of hydrogen-bond acceptors (Lipinski definition) is 3. The zero-order valence-electron chi connectivity index (χ0n) is 19.0. The van der Waals surface area contributed by atoms with Crippen LogP contribution in [0.15, 0.2) is 78.4 Å². The molecular weight excluding hydrogens is 446 g/mol. The molecule has 0 atom stereocenters. The maximum atomic E-state index is 12.8. The Kier molecular flexibility index (Phi) is 7.01. The molecule has 34 heavy (non-hydrogen) atoms. The molecule has 0 unspecified atom stereocenters. The fourth-order valence-corrected chi connectivity index (χ4v) is 4.15. The predicted octanol–water partition coefficient (Wildman–Crippen LogP) is 5.88. The van der Waals surface area contributed by atoms with E-state index in [0.717, 1.165) is 39.0 Å². The number of nitrogens with one attached hydrogen (secondary N) is 1. The minimum absolute atomic E-state index is 0.0530. The molecule has 0 fully saturated rings. The molecule has 170 valence electrons. The summed E-state index contributed by atoms with van der Waals surface area (Å²) in [4.78, 5) is 12.8. The summed E-state index contributed by atoms with van der Waals surface area (Å²) in [6, 6.07) is 25.2. The van der Waals surface area contributed by atoms with E-state index in [2.05, 4.69) is 16.0 Å². The molecule has 3 aromatic carbocycles. The maximum absolute atomic E-state index is 12.8. The van der Waals surface area contributed by atoms with Gasteiger partial charge in [-0.3, -0.25) is 4.79 Å². The summed E-state index contributed by atoms with van der Waals surface area (Å²) in [7, 11) is 1.61. The number of halogens is 1. The Hall–Kier alpha value is -4.01. The first-order valence-electron chi connectivity index (χ1n) is 10.9. The van der Waals surface area contributed by atoms with Gasteiger partial charge in [0.2, 0.25) is 0 Å². The number of carbonyl (C=O) groups is 1. The van der Waals surface area contributed by atoms with Gasteiger partial charge in [0.1, 0.15) is 17.4 Å². The lowest BCUT2D eigenvalue weighted by Gasteiger charge is -2.10. The zero-order chi connectivity index (χ0) is 24.1. The molecule has 6 heteroatoms. The number of carbonyl (C=O) groups excluding carboxylic acids is 1. The Morgan fingerprint density at radius 2 is 1.79 bits per heavy atom. The normalized spacial score (nSPS) is 11.3. The number of benzene rings is 3. The zero-order valence-corrected chi connectivity index (χ0v) is 19.8. The van der Waals surface area contributed by atoms with Crippen molar-refractivity contribution in [3.63, 3.8) is 0 Å². The number of para-hydroxylation sites is 1. The van der Waals surface area contributed by atoms with Crippen LogP contribution in [0, 0.1) is 18.3 Å². The van der Waals surface area contributed by atoms with Gasteiger partial charge in [0.15, 0.2) is 0 Å². The number of nitriles is 1. The van der Waals surface area contributed by atoms with E-state index in [1.807, 2.05) is 79.7 Å². The molecule has 0 aliphatic carbocycles. The Balaban J connectivity index is 1.64. The lowest BCUT2D eigenvalue weighted by molar-refractivity contribution is -0.117. The van der Waals surface area contributed by atoms with Crippen molar-refractivity contribution in [1.29, 1.82) is 5.26 Å². The molecule has 1 heterocycles.